The third-order valence-electron chi connectivity index (χ3n) is 3.39. The fourth-order valence-corrected chi connectivity index (χ4v) is 2.12. The van der Waals surface area contributed by atoms with E-state index in [-0.39, 0.29) is 0 Å². The molecule has 17 heavy (non-hydrogen) atoms. The molecule has 0 atom stereocenters. The summed E-state index contributed by atoms with van der Waals surface area (Å²) < 4.78 is 0. The highest BCUT2D eigenvalue weighted by atomic mass is 14.8. The summed E-state index contributed by atoms with van der Waals surface area (Å²) in [5, 5.41) is 3.40. The molecule has 1 aliphatic carbocycles. The highest BCUT2D eigenvalue weighted by Gasteiger charge is 2.23. The van der Waals surface area contributed by atoms with Crippen LogP contribution in [0, 0.1) is 0 Å². The predicted molar refractivity (Wildman–Crippen MR) is 75.2 cm³/mol. The molecule has 0 radical (unpaired) electrons. The zero-order chi connectivity index (χ0) is 12.1. The van der Waals surface area contributed by atoms with Crippen LogP contribution in [-0.4, -0.2) is 13.1 Å². The minimum atomic E-state index is 0.849. The van der Waals surface area contributed by atoms with Gasteiger partial charge in [0, 0.05) is 6.54 Å². The molecular weight excluding hydrogens is 206 g/mol. The fourth-order valence-electron chi connectivity index (χ4n) is 2.12. The molecule has 92 valence electrons. The van der Waals surface area contributed by atoms with Crippen LogP contribution in [0.15, 0.2) is 29.8 Å². The maximum absolute atomic E-state index is 3.40. The van der Waals surface area contributed by atoms with Crippen molar-refractivity contribution in [3.8, 4) is 0 Å². The zero-order valence-corrected chi connectivity index (χ0v) is 11.0. The lowest BCUT2D eigenvalue weighted by molar-refractivity contribution is 0.762. The van der Waals surface area contributed by atoms with Gasteiger partial charge in [0.1, 0.15) is 0 Å². The van der Waals surface area contributed by atoms with Gasteiger partial charge in [-0.1, -0.05) is 49.8 Å². The van der Waals surface area contributed by atoms with Gasteiger partial charge in [-0.25, -0.2) is 0 Å². The van der Waals surface area contributed by atoms with Crippen molar-refractivity contribution in [2.45, 2.75) is 39.0 Å². The fraction of sp³-hybridized carbons (Fsp3) is 0.500. The molecule has 1 fully saturated rings. The molecule has 1 aromatic carbocycles. The van der Waals surface area contributed by atoms with Gasteiger partial charge < -0.3 is 5.32 Å². The first-order chi connectivity index (χ1) is 8.33. The Kier molecular flexibility index (Phi) is 4.38. The average Bonchev–Trinajstić information content (AvgIpc) is 3.19. The van der Waals surface area contributed by atoms with E-state index in [0.717, 1.165) is 25.4 Å². The van der Waals surface area contributed by atoms with Crippen molar-refractivity contribution in [2.75, 3.05) is 13.1 Å². The van der Waals surface area contributed by atoms with Gasteiger partial charge in [-0.15, -0.1) is 0 Å². The predicted octanol–water partition coefficient (Wildman–Crippen LogP) is 3.97. The minimum absolute atomic E-state index is 0.849. The first-order valence-corrected chi connectivity index (χ1v) is 6.83. The van der Waals surface area contributed by atoms with Crippen molar-refractivity contribution in [2.24, 2.45) is 0 Å². The van der Waals surface area contributed by atoms with E-state index in [1.807, 2.05) is 0 Å². The minimum Gasteiger partial charge on any atom is -0.313 e. The van der Waals surface area contributed by atoms with Gasteiger partial charge in [-0.05, 0) is 42.9 Å². The lowest BCUT2D eigenvalue weighted by Crippen LogP contribution is -2.15. The molecule has 0 amide bonds. The molecule has 0 unspecified atom stereocenters. The lowest BCUT2D eigenvalue weighted by atomic mass is 10.0. The molecule has 0 spiro atoms. The summed E-state index contributed by atoms with van der Waals surface area (Å²) >= 11 is 0. The molecule has 0 saturated heterocycles. The number of rotatable bonds is 6. The van der Waals surface area contributed by atoms with E-state index < -0.39 is 0 Å². The summed E-state index contributed by atoms with van der Waals surface area (Å²) in [5.74, 6) is 0.849. The van der Waals surface area contributed by atoms with E-state index in [4.69, 9.17) is 0 Å². The zero-order valence-electron chi connectivity index (χ0n) is 11.0. The van der Waals surface area contributed by atoms with Gasteiger partial charge >= 0.3 is 0 Å². The first kappa shape index (κ1) is 12.4. The molecule has 1 N–H and O–H groups in total. The molecular formula is C16H23N. The highest BCUT2D eigenvalue weighted by Crippen LogP contribution is 2.40. The Morgan fingerprint density at radius 3 is 2.82 bits per heavy atom. The Labute approximate surface area is 105 Å². The molecule has 1 heteroatoms. The molecule has 0 aromatic heterocycles. The molecule has 2 rings (SSSR count). The van der Waals surface area contributed by atoms with Gasteiger partial charge in [0.2, 0.25) is 0 Å². The van der Waals surface area contributed by atoms with Gasteiger partial charge in [0.15, 0.2) is 0 Å². The summed E-state index contributed by atoms with van der Waals surface area (Å²) in [6, 6.07) is 9.04. The molecule has 1 aliphatic rings. The maximum Gasteiger partial charge on any atom is 0.0167 e. The summed E-state index contributed by atoms with van der Waals surface area (Å²) in [6.45, 7) is 6.44. The van der Waals surface area contributed by atoms with Crippen LogP contribution in [0.3, 0.4) is 0 Å². The third kappa shape index (κ3) is 3.71. The molecule has 1 saturated carbocycles. The Morgan fingerprint density at radius 1 is 1.35 bits per heavy atom. The average molecular weight is 229 g/mol. The quantitative estimate of drug-likeness (QED) is 0.778. The topological polar surface area (TPSA) is 12.0 Å². The Balaban J connectivity index is 2.08. The second-order valence-corrected chi connectivity index (χ2v) is 4.88. The Hall–Kier alpha value is -1.08. The van der Waals surface area contributed by atoms with E-state index in [1.54, 1.807) is 0 Å². The molecule has 0 heterocycles. The summed E-state index contributed by atoms with van der Waals surface area (Å²) in [6.07, 6.45) is 6.23. The van der Waals surface area contributed by atoms with E-state index in [2.05, 4.69) is 49.5 Å². The van der Waals surface area contributed by atoms with Crippen LogP contribution in [0.2, 0.25) is 0 Å². The van der Waals surface area contributed by atoms with Crippen molar-refractivity contribution in [1.82, 2.24) is 5.32 Å². The first-order valence-electron chi connectivity index (χ1n) is 6.83. The second kappa shape index (κ2) is 6.02. The van der Waals surface area contributed by atoms with E-state index >= 15 is 0 Å². The Bertz CT molecular complexity index is 388. The van der Waals surface area contributed by atoms with Gasteiger partial charge in [0.05, 0.1) is 0 Å². The summed E-state index contributed by atoms with van der Waals surface area (Å²) in [4.78, 5) is 0. The highest BCUT2D eigenvalue weighted by molar-refractivity contribution is 5.54. The summed E-state index contributed by atoms with van der Waals surface area (Å²) in [5.41, 5.74) is 4.38. The van der Waals surface area contributed by atoms with Gasteiger partial charge in [-0.3, -0.25) is 0 Å². The standard InChI is InChI=1S/C16H23N/c1-3-13(12-17-4-2)10-14-6-5-7-16(11-14)15-8-9-15/h5-7,10-11,15,17H,3-4,8-9,12H2,1-2H3. The monoisotopic (exact) mass is 229 g/mol. The molecule has 1 nitrogen and oxygen atoms in total. The van der Waals surface area contributed by atoms with Crippen molar-refractivity contribution >= 4 is 6.08 Å². The molecule has 0 aliphatic heterocycles. The van der Waals surface area contributed by atoms with Crippen LogP contribution in [0.1, 0.15) is 50.2 Å². The van der Waals surface area contributed by atoms with E-state index in [0.29, 0.717) is 0 Å². The van der Waals surface area contributed by atoms with Crippen LogP contribution < -0.4 is 5.32 Å². The summed E-state index contributed by atoms with van der Waals surface area (Å²) in [7, 11) is 0. The van der Waals surface area contributed by atoms with Gasteiger partial charge in [0.25, 0.3) is 0 Å². The van der Waals surface area contributed by atoms with Crippen LogP contribution in [0.5, 0.6) is 0 Å². The second-order valence-electron chi connectivity index (χ2n) is 4.88. The smallest absolute Gasteiger partial charge is 0.0167 e. The van der Waals surface area contributed by atoms with Crippen molar-refractivity contribution in [3.63, 3.8) is 0 Å². The van der Waals surface area contributed by atoms with Crippen molar-refractivity contribution in [1.29, 1.82) is 0 Å². The number of hydrogen-bond donors (Lipinski definition) is 1. The van der Waals surface area contributed by atoms with Crippen LogP contribution in [-0.2, 0) is 0 Å². The number of benzene rings is 1. The van der Waals surface area contributed by atoms with Crippen LogP contribution in [0.4, 0.5) is 0 Å². The van der Waals surface area contributed by atoms with E-state index in [1.165, 1.54) is 29.5 Å². The maximum atomic E-state index is 3.40. The largest absolute Gasteiger partial charge is 0.313 e. The lowest BCUT2D eigenvalue weighted by Gasteiger charge is -2.06. The van der Waals surface area contributed by atoms with Crippen LogP contribution >= 0.6 is 0 Å². The molecule has 0 bridgehead atoms. The molecule has 1 aromatic rings. The number of nitrogens with one attached hydrogen (secondary N) is 1. The normalized spacial score (nSPS) is 16.2. The van der Waals surface area contributed by atoms with Crippen molar-refractivity contribution < 1.29 is 0 Å². The number of hydrogen-bond acceptors (Lipinski definition) is 1. The third-order valence-corrected chi connectivity index (χ3v) is 3.39. The van der Waals surface area contributed by atoms with Crippen LogP contribution in [0.25, 0.3) is 6.08 Å². The SMILES string of the molecule is CCNCC(=Cc1cccc(C2CC2)c1)CC. The van der Waals surface area contributed by atoms with E-state index in [9.17, 15) is 0 Å². The number of likely N-dealkylation sites (N-methyl/N-ethyl adjacent to an activating group) is 1. The van der Waals surface area contributed by atoms with Crippen molar-refractivity contribution in [3.05, 3.63) is 41.0 Å². The Morgan fingerprint density at radius 2 is 2.18 bits per heavy atom. The van der Waals surface area contributed by atoms with Gasteiger partial charge in [-0.2, -0.15) is 0 Å².